The Morgan fingerprint density at radius 1 is 1.30 bits per heavy atom. The number of hydrogen-bond acceptors (Lipinski definition) is 4. The number of benzene rings is 1. The summed E-state index contributed by atoms with van der Waals surface area (Å²) in [6, 6.07) is 8.47. The van der Waals surface area contributed by atoms with Gasteiger partial charge in [0.1, 0.15) is 6.04 Å². The monoisotopic (exact) mass is 278 g/mol. The van der Waals surface area contributed by atoms with E-state index in [1.807, 2.05) is 30.3 Å². The van der Waals surface area contributed by atoms with Gasteiger partial charge in [-0.2, -0.15) is 0 Å². The first kappa shape index (κ1) is 16.2. The second-order valence-electron chi connectivity index (χ2n) is 4.63. The van der Waals surface area contributed by atoms with Crippen LogP contribution in [0.15, 0.2) is 30.3 Å². The van der Waals surface area contributed by atoms with Gasteiger partial charge in [0.25, 0.3) is 0 Å². The van der Waals surface area contributed by atoms with E-state index < -0.39 is 18.1 Å². The van der Waals surface area contributed by atoms with Crippen LogP contribution in [0.1, 0.15) is 25.8 Å². The number of rotatable bonds is 7. The zero-order valence-corrected chi connectivity index (χ0v) is 12.0. The Morgan fingerprint density at radius 3 is 2.50 bits per heavy atom. The first-order chi connectivity index (χ1) is 9.54. The molecule has 1 aromatic carbocycles. The van der Waals surface area contributed by atoms with Gasteiger partial charge in [0.15, 0.2) is 0 Å². The van der Waals surface area contributed by atoms with E-state index in [9.17, 15) is 9.59 Å². The molecule has 110 valence electrons. The molecule has 0 bridgehead atoms. The van der Waals surface area contributed by atoms with Crippen molar-refractivity contribution in [2.24, 2.45) is 5.73 Å². The fourth-order valence-electron chi connectivity index (χ4n) is 1.75. The van der Waals surface area contributed by atoms with Crippen molar-refractivity contribution in [2.75, 3.05) is 6.61 Å². The van der Waals surface area contributed by atoms with E-state index in [0.29, 0.717) is 12.8 Å². The molecule has 20 heavy (non-hydrogen) atoms. The van der Waals surface area contributed by atoms with E-state index in [2.05, 4.69) is 5.32 Å². The summed E-state index contributed by atoms with van der Waals surface area (Å²) in [4.78, 5) is 23.5. The van der Waals surface area contributed by atoms with Gasteiger partial charge in [0.2, 0.25) is 5.91 Å². The van der Waals surface area contributed by atoms with Crippen molar-refractivity contribution >= 4 is 11.9 Å². The number of carbonyl (C=O) groups excluding carboxylic acids is 2. The van der Waals surface area contributed by atoms with Crippen molar-refractivity contribution in [2.45, 2.75) is 38.8 Å². The summed E-state index contributed by atoms with van der Waals surface area (Å²) >= 11 is 0. The summed E-state index contributed by atoms with van der Waals surface area (Å²) in [5.74, 6) is -0.770. The zero-order valence-electron chi connectivity index (χ0n) is 12.0. The summed E-state index contributed by atoms with van der Waals surface area (Å²) in [5.41, 5.74) is 6.61. The number of carbonyl (C=O) groups is 2. The van der Waals surface area contributed by atoms with Crippen LogP contribution in [-0.4, -0.2) is 30.6 Å². The molecule has 0 spiro atoms. The van der Waals surface area contributed by atoms with Gasteiger partial charge in [-0.1, -0.05) is 30.3 Å². The molecule has 0 saturated carbocycles. The molecule has 2 atom stereocenters. The molecule has 0 fully saturated rings. The Kier molecular flexibility index (Phi) is 6.73. The molecule has 5 heteroatoms. The predicted molar refractivity (Wildman–Crippen MR) is 77.0 cm³/mol. The lowest BCUT2D eigenvalue weighted by Crippen LogP contribution is -2.48. The molecule has 0 aliphatic rings. The van der Waals surface area contributed by atoms with Gasteiger partial charge in [-0.3, -0.25) is 4.79 Å². The molecular weight excluding hydrogens is 256 g/mol. The van der Waals surface area contributed by atoms with Crippen molar-refractivity contribution in [3.8, 4) is 0 Å². The minimum atomic E-state index is -0.659. The first-order valence-corrected chi connectivity index (χ1v) is 6.81. The van der Waals surface area contributed by atoms with Crippen molar-refractivity contribution < 1.29 is 14.3 Å². The van der Waals surface area contributed by atoms with Gasteiger partial charge < -0.3 is 15.8 Å². The number of nitrogens with one attached hydrogen (secondary N) is 1. The van der Waals surface area contributed by atoms with Crippen LogP contribution in [0.2, 0.25) is 0 Å². The maximum atomic E-state index is 11.8. The van der Waals surface area contributed by atoms with Crippen LogP contribution < -0.4 is 11.1 Å². The third kappa shape index (κ3) is 5.40. The molecule has 0 saturated heterocycles. The Hall–Kier alpha value is -1.88. The standard InChI is InChI=1S/C15H22N2O3/c1-3-20-15(19)13(17-14(18)11(2)16)10-9-12-7-5-4-6-8-12/h4-8,11,13H,3,9-10,16H2,1-2H3,(H,17,18)/t11-,13-/m0/s1. The number of nitrogens with two attached hydrogens (primary N) is 1. The molecule has 0 heterocycles. The van der Waals surface area contributed by atoms with Gasteiger partial charge in [0, 0.05) is 0 Å². The Labute approximate surface area is 119 Å². The lowest BCUT2D eigenvalue weighted by Gasteiger charge is -2.18. The predicted octanol–water partition coefficient (Wildman–Crippen LogP) is 1.01. The number of hydrogen-bond donors (Lipinski definition) is 2. The van der Waals surface area contributed by atoms with E-state index in [-0.39, 0.29) is 12.5 Å². The fraction of sp³-hybridized carbons (Fsp3) is 0.467. The van der Waals surface area contributed by atoms with E-state index >= 15 is 0 Å². The molecule has 0 aliphatic heterocycles. The lowest BCUT2D eigenvalue weighted by molar-refractivity contribution is -0.147. The quantitative estimate of drug-likeness (QED) is 0.729. The van der Waals surface area contributed by atoms with Crippen LogP contribution in [0.25, 0.3) is 0 Å². The second kappa shape index (κ2) is 8.32. The average molecular weight is 278 g/mol. The summed E-state index contributed by atoms with van der Waals surface area (Å²) in [5, 5.41) is 2.63. The molecule has 0 unspecified atom stereocenters. The molecular formula is C15H22N2O3. The van der Waals surface area contributed by atoms with Gasteiger partial charge in [-0.05, 0) is 32.3 Å². The summed E-state index contributed by atoms with van der Waals surface area (Å²) in [6.45, 7) is 3.60. The topological polar surface area (TPSA) is 81.4 Å². The van der Waals surface area contributed by atoms with E-state index in [4.69, 9.17) is 10.5 Å². The van der Waals surface area contributed by atoms with Gasteiger partial charge in [0.05, 0.1) is 12.6 Å². The van der Waals surface area contributed by atoms with Crippen LogP contribution >= 0.6 is 0 Å². The van der Waals surface area contributed by atoms with E-state index in [1.165, 1.54) is 0 Å². The number of aryl methyl sites for hydroxylation is 1. The zero-order chi connectivity index (χ0) is 15.0. The van der Waals surface area contributed by atoms with Crippen LogP contribution in [0, 0.1) is 0 Å². The molecule has 0 aromatic heterocycles. The molecule has 0 aliphatic carbocycles. The lowest BCUT2D eigenvalue weighted by atomic mass is 10.0. The molecule has 0 radical (unpaired) electrons. The molecule has 3 N–H and O–H groups in total. The van der Waals surface area contributed by atoms with Crippen molar-refractivity contribution in [3.05, 3.63) is 35.9 Å². The first-order valence-electron chi connectivity index (χ1n) is 6.81. The highest BCUT2D eigenvalue weighted by atomic mass is 16.5. The maximum absolute atomic E-state index is 11.8. The van der Waals surface area contributed by atoms with Crippen molar-refractivity contribution in [1.29, 1.82) is 0 Å². The van der Waals surface area contributed by atoms with E-state index in [0.717, 1.165) is 5.56 Å². The summed E-state index contributed by atoms with van der Waals surface area (Å²) < 4.78 is 4.98. The fourth-order valence-corrected chi connectivity index (χ4v) is 1.75. The van der Waals surface area contributed by atoms with Gasteiger partial charge in [-0.15, -0.1) is 0 Å². The number of ether oxygens (including phenoxy) is 1. The Balaban J connectivity index is 2.62. The van der Waals surface area contributed by atoms with Gasteiger partial charge in [-0.25, -0.2) is 4.79 Å². The van der Waals surface area contributed by atoms with E-state index in [1.54, 1.807) is 13.8 Å². The Morgan fingerprint density at radius 2 is 1.95 bits per heavy atom. The van der Waals surface area contributed by atoms with Crippen molar-refractivity contribution in [1.82, 2.24) is 5.32 Å². The molecule has 1 amide bonds. The largest absolute Gasteiger partial charge is 0.464 e. The third-order valence-electron chi connectivity index (χ3n) is 2.87. The Bertz CT molecular complexity index is 432. The minimum absolute atomic E-state index is 0.286. The highest BCUT2D eigenvalue weighted by molar-refractivity contribution is 5.87. The SMILES string of the molecule is CCOC(=O)[C@H](CCc1ccccc1)NC(=O)[C@H](C)N. The maximum Gasteiger partial charge on any atom is 0.328 e. The molecule has 5 nitrogen and oxygen atoms in total. The highest BCUT2D eigenvalue weighted by Crippen LogP contribution is 2.06. The number of amides is 1. The van der Waals surface area contributed by atoms with Crippen LogP contribution in [-0.2, 0) is 20.7 Å². The van der Waals surface area contributed by atoms with Crippen LogP contribution in [0.4, 0.5) is 0 Å². The van der Waals surface area contributed by atoms with Crippen LogP contribution in [0.3, 0.4) is 0 Å². The van der Waals surface area contributed by atoms with Crippen molar-refractivity contribution in [3.63, 3.8) is 0 Å². The molecule has 1 aromatic rings. The molecule has 1 rings (SSSR count). The average Bonchev–Trinajstić information content (AvgIpc) is 2.44. The van der Waals surface area contributed by atoms with Crippen LogP contribution in [0.5, 0.6) is 0 Å². The van der Waals surface area contributed by atoms with Gasteiger partial charge >= 0.3 is 5.97 Å². The summed E-state index contributed by atoms with van der Waals surface area (Å²) in [6.07, 6.45) is 1.17. The highest BCUT2D eigenvalue weighted by Gasteiger charge is 2.23. The number of esters is 1. The smallest absolute Gasteiger partial charge is 0.328 e. The normalized spacial score (nSPS) is 13.3. The summed E-state index contributed by atoms with van der Waals surface area (Å²) in [7, 11) is 0. The third-order valence-corrected chi connectivity index (χ3v) is 2.87. The minimum Gasteiger partial charge on any atom is -0.464 e. The second-order valence-corrected chi connectivity index (χ2v) is 4.63.